The predicted octanol–water partition coefficient (Wildman–Crippen LogP) is 3.46. The molecule has 0 aliphatic heterocycles. The summed E-state index contributed by atoms with van der Waals surface area (Å²) in [5, 5.41) is 9.33. The maximum atomic E-state index is 9.33. The normalized spacial score (nSPS) is 10.4. The Labute approximate surface area is 134 Å². The topological polar surface area (TPSA) is 102 Å². The molecule has 0 amide bonds. The highest BCUT2D eigenvalue weighted by Gasteiger charge is 2.16. The van der Waals surface area contributed by atoms with Crippen LogP contribution in [0.25, 0.3) is 11.3 Å². The molecule has 2 rings (SSSR count). The van der Waals surface area contributed by atoms with Gasteiger partial charge in [-0.05, 0) is 18.2 Å². The Morgan fingerprint density at radius 3 is 2.68 bits per heavy atom. The fourth-order valence-electron chi connectivity index (χ4n) is 2.12. The molecule has 1 aromatic heterocycles. The number of nitrogens with two attached hydrogens (primary N) is 2. The van der Waals surface area contributed by atoms with E-state index in [-0.39, 0.29) is 17.3 Å². The molecule has 0 bridgehead atoms. The second-order valence-electron chi connectivity index (χ2n) is 4.85. The number of hydrogen-bond acceptors (Lipinski definition) is 6. The van der Waals surface area contributed by atoms with Crippen LogP contribution in [0.4, 0.5) is 11.8 Å². The summed E-state index contributed by atoms with van der Waals surface area (Å²) in [6.45, 7) is 2.18. The summed E-state index contributed by atoms with van der Waals surface area (Å²) in [6, 6.07) is 9.94. The van der Waals surface area contributed by atoms with Crippen molar-refractivity contribution in [3.05, 3.63) is 29.8 Å². The summed E-state index contributed by atoms with van der Waals surface area (Å²) >= 11 is 1.76. The molecule has 6 heteroatoms. The third kappa shape index (κ3) is 3.68. The number of nitrogen functional groups attached to an aromatic ring is 2. The SMILES string of the molecule is CCCCCSc1ccccc1-c1nc(N)nc(N)c1C#N. The number of unbranched alkanes of at least 4 members (excludes halogenated alkanes) is 2. The van der Waals surface area contributed by atoms with Gasteiger partial charge in [0.25, 0.3) is 0 Å². The van der Waals surface area contributed by atoms with Gasteiger partial charge < -0.3 is 11.5 Å². The summed E-state index contributed by atoms with van der Waals surface area (Å²) in [6.07, 6.45) is 3.57. The highest BCUT2D eigenvalue weighted by molar-refractivity contribution is 7.99. The number of anilines is 2. The Morgan fingerprint density at radius 2 is 1.95 bits per heavy atom. The molecule has 0 aliphatic carbocycles. The lowest BCUT2D eigenvalue weighted by molar-refractivity contribution is 0.778. The second-order valence-corrected chi connectivity index (χ2v) is 5.99. The third-order valence-electron chi connectivity index (χ3n) is 3.21. The van der Waals surface area contributed by atoms with Gasteiger partial charge in [0.15, 0.2) is 0 Å². The van der Waals surface area contributed by atoms with E-state index in [4.69, 9.17) is 11.5 Å². The number of aromatic nitrogens is 2. The molecule has 114 valence electrons. The van der Waals surface area contributed by atoms with Gasteiger partial charge in [-0.1, -0.05) is 38.0 Å². The molecule has 0 saturated heterocycles. The number of nitriles is 1. The first-order chi connectivity index (χ1) is 10.7. The van der Waals surface area contributed by atoms with Gasteiger partial charge in [-0.2, -0.15) is 10.2 Å². The Kier molecular flexibility index (Phi) is 5.61. The van der Waals surface area contributed by atoms with Crippen molar-refractivity contribution in [1.29, 1.82) is 5.26 Å². The highest BCUT2D eigenvalue weighted by atomic mass is 32.2. The average molecular weight is 313 g/mol. The first-order valence-corrected chi connectivity index (χ1v) is 8.21. The highest BCUT2D eigenvalue weighted by Crippen LogP contribution is 2.34. The van der Waals surface area contributed by atoms with Gasteiger partial charge in [-0.15, -0.1) is 11.8 Å². The van der Waals surface area contributed by atoms with Gasteiger partial charge in [0.2, 0.25) is 5.95 Å². The van der Waals surface area contributed by atoms with Gasteiger partial charge in [0, 0.05) is 10.5 Å². The number of rotatable bonds is 6. The van der Waals surface area contributed by atoms with Crippen molar-refractivity contribution in [3.63, 3.8) is 0 Å². The van der Waals surface area contributed by atoms with E-state index in [0.717, 1.165) is 22.6 Å². The van der Waals surface area contributed by atoms with Crippen LogP contribution in [0.1, 0.15) is 31.7 Å². The van der Waals surface area contributed by atoms with E-state index in [1.165, 1.54) is 12.8 Å². The maximum absolute atomic E-state index is 9.33. The van der Waals surface area contributed by atoms with E-state index < -0.39 is 0 Å². The zero-order chi connectivity index (χ0) is 15.9. The molecule has 0 aliphatic rings. The Hall–Kier alpha value is -2.26. The first kappa shape index (κ1) is 16.1. The molecule has 1 aromatic carbocycles. The zero-order valence-corrected chi connectivity index (χ0v) is 13.4. The van der Waals surface area contributed by atoms with Crippen molar-refractivity contribution >= 4 is 23.5 Å². The van der Waals surface area contributed by atoms with Gasteiger partial charge >= 0.3 is 0 Å². The standard InChI is InChI=1S/C16H19N5S/c1-2-3-6-9-22-13-8-5-4-7-11(13)14-12(10-17)15(18)21-16(19)20-14/h4-5,7-8H,2-3,6,9H2,1H3,(H4,18,19,20,21). The van der Waals surface area contributed by atoms with Crippen molar-refractivity contribution in [2.45, 2.75) is 31.1 Å². The van der Waals surface area contributed by atoms with Crippen molar-refractivity contribution in [2.75, 3.05) is 17.2 Å². The van der Waals surface area contributed by atoms with Crippen LogP contribution in [0.2, 0.25) is 0 Å². The quantitative estimate of drug-likeness (QED) is 0.625. The van der Waals surface area contributed by atoms with E-state index >= 15 is 0 Å². The monoisotopic (exact) mass is 313 g/mol. The van der Waals surface area contributed by atoms with Crippen LogP contribution in [0.5, 0.6) is 0 Å². The van der Waals surface area contributed by atoms with Crippen molar-refractivity contribution in [3.8, 4) is 17.3 Å². The van der Waals surface area contributed by atoms with Crippen molar-refractivity contribution in [1.82, 2.24) is 9.97 Å². The van der Waals surface area contributed by atoms with Crippen molar-refractivity contribution < 1.29 is 0 Å². The molecule has 0 fully saturated rings. The zero-order valence-electron chi connectivity index (χ0n) is 12.5. The first-order valence-electron chi connectivity index (χ1n) is 7.22. The van der Waals surface area contributed by atoms with Gasteiger partial charge in [0.1, 0.15) is 17.5 Å². The van der Waals surface area contributed by atoms with Crippen LogP contribution in [-0.4, -0.2) is 15.7 Å². The smallest absolute Gasteiger partial charge is 0.222 e. The summed E-state index contributed by atoms with van der Waals surface area (Å²) < 4.78 is 0. The summed E-state index contributed by atoms with van der Waals surface area (Å²) in [5.41, 5.74) is 13.1. The molecule has 22 heavy (non-hydrogen) atoms. The molecule has 5 nitrogen and oxygen atoms in total. The van der Waals surface area contributed by atoms with Gasteiger partial charge in [-0.3, -0.25) is 0 Å². The minimum atomic E-state index is 0.0808. The molecule has 1 heterocycles. The number of hydrogen-bond donors (Lipinski definition) is 2. The molecule has 0 atom stereocenters. The lowest BCUT2D eigenvalue weighted by atomic mass is 10.1. The van der Waals surface area contributed by atoms with E-state index in [9.17, 15) is 5.26 Å². The molecule has 4 N–H and O–H groups in total. The van der Waals surface area contributed by atoms with Crippen LogP contribution >= 0.6 is 11.8 Å². The number of thioether (sulfide) groups is 1. The molecule has 0 spiro atoms. The summed E-state index contributed by atoms with van der Waals surface area (Å²) in [7, 11) is 0. The Balaban J connectivity index is 2.39. The lowest BCUT2D eigenvalue weighted by Gasteiger charge is -2.11. The number of nitrogens with zero attached hydrogens (tertiary/aromatic N) is 3. The number of benzene rings is 1. The predicted molar refractivity (Wildman–Crippen MR) is 91.3 cm³/mol. The summed E-state index contributed by atoms with van der Waals surface area (Å²) in [5.74, 6) is 1.23. The Morgan fingerprint density at radius 1 is 1.18 bits per heavy atom. The van der Waals surface area contributed by atoms with Crippen LogP contribution in [0, 0.1) is 11.3 Å². The van der Waals surface area contributed by atoms with Crippen LogP contribution in [-0.2, 0) is 0 Å². The molecule has 0 unspecified atom stereocenters. The largest absolute Gasteiger partial charge is 0.382 e. The van der Waals surface area contributed by atoms with Gasteiger partial charge in [0.05, 0.1) is 5.69 Å². The van der Waals surface area contributed by atoms with Crippen molar-refractivity contribution in [2.24, 2.45) is 0 Å². The van der Waals surface area contributed by atoms with Crippen LogP contribution in [0.15, 0.2) is 29.2 Å². The fourth-order valence-corrected chi connectivity index (χ4v) is 3.19. The maximum Gasteiger partial charge on any atom is 0.222 e. The molecule has 0 radical (unpaired) electrons. The third-order valence-corrected chi connectivity index (χ3v) is 4.37. The molecule has 0 saturated carbocycles. The molecule has 2 aromatic rings. The van der Waals surface area contributed by atoms with Gasteiger partial charge in [-0.25, -0.2) is 4.98 Å². The van der Waals surface area contributed by atoms with E-state index in [0.29, 0.717) is 5.69 Å². The van der Waals surface area contributed by atoms with Crippen LogP contribution in [0.3, 0.4) is 0 Å². The summed E-state index contributed by atoms with van der Waals surface area (Å²) in [4.78, 5) is 9.17. The van der Waals surface area contributed by atoms with E-state index in [1.807, 2.05) is 24.3 Å². The minimum absolute atomic E-state index is 0.0808. The average Bonchev–Trinajstić information content (AvgIpc) is 2.51. The van der Waals surface area contributed by atoms with Crippen LogP contribution < -0.4 is 11.5 Å². The van der Waals surface area contributed by atoms with E-state index in [2.05, 4.69) is 23.0 Å². The molecular weight excluding hydrogens is 294 g/mol. The second kappa shape index (κ2) is 7.66. The Bertz CT molecular complexity index is 693. The fraction of sp³-hybridized carbons (Fsp3) is 0.312. The molecular formula is C16H19N5S. The lowest BCUT2D eigenvalue weighted by Crippen LogP contribution is -2.05. The van der Waals surface area contributed by atoms with E-state index in [1.54, 1.807) is 11.8 Å². The minimum Gasteiger partial charge on any atom is -0.382 e.